The molecule has 0 amide bonds. The summed E-state index contributed by atoms with van der Waals surface area (Å²) in [4.78, 5) is 11.4. The van der Waals surface area contributed by atoms with E-state index in [-0.39, 0.29) is 11.3 Å². The maximum atomic E-state index is 13.0. The van der Waals surface area contributed by atoms with Crippen LogP contribution in [0.2, 0.25) is 0 Å². The molecular weight excluding hydrogens is 247 g/mol. The number of carbonyl (C=O) groups excluding carboxylic acids is 1. The van der Waals surface area contributed by atoms with Gasteiger partial charge in [0.05, 0.1) is 12.2 Å². The van der Waals surface area contributed by atoms with Crippen molar-refractivity contribution >= 4 is 5.78 Å². The molecule has 106 valence electrons. The fourth-order valence-corrected chi connectivity index (χ4v) is 1.53. The highest BCUT2D eigenvalue weighted by Gasteiger charge is 2.09. The lowest BCUT2D eigenvalue weighted by molar-refractivity contribution is 0.0906. The van der Waals surface area contributed by atoms with Gasteiger partial charge < -0.3 is 9.47 Å². The van der Waals surface area contributed by atoms with Crippen molar-refractivity contribution in [3.63, 3.8) is 0 Å². The van der Waals surface area contributed by atoms with E-state index < -0.39 is 5.82 Å². The monoisotopic (exact) mass is 268 g/mol. The molecule has 0 aromatic heterocycles. The number of benzene rings is 1. The second kappa shape index (κ2) is 7.89. The fourth-order valence-electron chi connectivity index (χ4n) is 1.53. The molecule has 19 heavy (non-hydrogen) atoms. The lowest BCUT2D eigenvalue weighted by Crippen LogP contribution is -2.10. The second-order valence-electron chi connectivity index (χ2n) is 4.84. The topological polar surface area (TPSA) is 35.5 Å². The van der Waals surface area contributed by atoms with Crippen molar-refractivity contribution in [3.8, 4) is 5.75 Å². The summed E-state index contributed by atoms with van der Waals surface area (Å²) in [6.07, 6.45) is 1.01. The van der Waals surface area contributed by atoms with Gasteiger partial charge in [0.15, 0.2) is 5.78 Å². The predicted octanol–water partition coefficient (Wildman–Crippen LogP) is 3.47. The van der Waals surface area contributed by atoms with Crippen molar-refractivity contribution in [2.75, 3.05) is 19.8 Å². The van der Waals surface area contributed by atoms with Crippen LogP contribution >= 0.6 is 0 Å². The molecule has 1 rings (SSSR count). The van der Waals surface area contributed by atoms with Gasteiger partial charge in [-0.15, -0.1) is 0 Å². The van der Waals surface area contributed by atoms with Crippen molar-refractivity contribution in [1.29, 1.82) is 0 Å². The lowest BCUT2D eigenvalue weighted by atomic mass is 10.1. The van der Waals surface area contributed by atoms with Gasteiger partial charge in [0.25, 0.3) is 0 Å². The molecular formula is C15H21FO3. The standard InChI is InChI=1S/C15H21FO3/c1-11(2)6-7-18-8-9-19-15-5-4-13(16)10-14(15)12(3)17/h4-5,10-11H,6-9H2,1-3H3. The molecule has 0 unspecified atom stereocenters. The van der Waals surface area contributed by atoms with Crippen LogP contribution in [0.25, 0.3) is 0 Å². The minimum Gasteiger partial charge on any atom is -0.490 e. The van der Waals surface area contributed by atoms with Gasteiger partial charge in [0, 0.05) is 6.61 Å². The number of halogens is 1. The minimum atomic E-state index is -0.439. The average Bonchev–Trinajstić information content (AvgIpc) is 2.34. The first-order valence-electron chi connectivity index (χ1n) is 6.51. The molecule has 0 heterocycles. The van der Waals surface area contributed by atoms with Crippen LogP contribution in [0.15, 0.2) is 18.2 Å². The molecule has 1 aromatic carbocycles. The van der Waals surface area contributed by atoms with Crippen LogP contribution < -0.4 is 4.74 Å². The quantitative estimate of drug-likeness (QED) is 0.535. The van der Waals surface area contributed by atoms with Crippen LogP contribution in [0.4, 0.5) is 4.39 Å². The third-order valence-electron chi connectivity index (χ3n) is 2.65. The molecule has 0 aliphatic carbocycles. The van der Waals surface area contributed by atoms with Crippen molar-refractivity contribution in [2.45, 2.75) is 27.2 Å². The third kappa shape index (κ3) is 5.83. The Hall–Kier alpha value is -1.42. The van der Waals surface area contributed by atoms with Gasteiger partial charge in [0.1, 0.15) is 18.2 Å². The summed E-state index contributed by atoms with van der Waals surface area (Å²) in [5, 5.41) is 0. The van der Waals surface area contributed by atoms with Crippen LogP contribution in [-0.4, -0.2) is 25.6 Å². The van der Waals surface area contributed by atoms with Crippen LogP contribution in [0.1, 0.15) is 37.6 Å². The Balaban J connectivity index is 2.39. The predicted molar refractivity (Wildman–Crippen MR) is 72.2 cm³/mol. The zero-order chi connectivity index (χ0) is 14.3. The van der Waals surface area contributed by atoms with E-state index in [2.05, 4.69) is 13.8 Å². The summed E-state index contributed by atoms with van der Waals surface area (Å²) in [6.45, 7) is 7.17. The maximum absolute atomic E-state index is 13.0. The molecule has 0 bridgehead atoms. The zero-order valence-electron chi connectivity index (χ0n) is 11.7. The largest absolute Gasteiger partial charge is 0.490 e. The van der Waals surface area contributed by atoms with Crippen LogP contribution in [-0.2, 0) is 4.74 Å². The molecule has 4 heteroatoms. The van der Waals surface area contributed by atoms with E-state index in [0.29, 0.717) is 31.5 Å². The molecule has 0 fully saturated rings. The van der Waals surface area contributed by atoms with Gasteiger partial charge in [-0.2, -0.15) is 0 Å². The van der Waals surface area contributed by atoms with Gasteiger partial charge in [0.2, 0.25) is 0 Å². The molecule has 3 nitrogen and oxygen atoms in total. The summed E-state index contributed by atoms with van der Waals surface area (Å²) < 4.78 is 23.9. The normalized spacial score (nSPS) is 10.8. The van der Waals surface area contributed by atoms with E-state index in [1.165, 1.54) is 25.1 Å². The SMILES string of the molecule is CC(=O)c1cc(F)ccc1OCCOCCC(C)C. The van der Waals surface area contributed by atoms with Crippen LogP contribution in [0.3, 0.4) is 0 Å². The van der Waals surface area contributed by atoms with E-state index >= 15 is 0 Å². The van der Waals surface area contributed by atoms with Gasteiger partial charge in [-0.3, -0.25) is 4.79 Å². The first-order chi connectivity index (χ1) is 9.00. The summed E-state index contributed by atoms with van der Waals surface area (Å²) in [7, 11) is 0. The number of ether oxygens (including phenoxy) is 2. The Morgan fingerprint density at radius 1 is 1.26 bits per heavy atom. The maximum Gasteiger partial charge on any atom is 0.163 e. The smallest absolute Gasteiger partial charge is 0.163 e. The molecule has 0 N–H and O–H groups in total. The van der Waals surface area contributed by atoms with E-state index in [1.807, 2.05) is 0 Å². The summed E-state index contributed by atoms with van der Waals surface area (Å²) in [5.74, 6) is 0.365. The van der Waals surface area contributed by atoms with Crippen molar-refractivity contribution in [3.05, 3.63) is 29.6 Å². The Morgan fingerprint density at radius 3 is 2.63 bits per heavy atom. The number of Topliss-reactive ketones (excluding diaryl/α,β-unsaturated/α-hetero) is 1. The number of carbonyl (C=O) groups is 1. The number of ketones is 1. The lowest BCUT2D eigenvalue weighted by Gasteiger charge is -2.10. The van der Waals surface area contributed by atoms with E-state index in [9.17, 15) is 9.18 Å². The van der Waals surface area contributed by atoms with Crippen molar-refractivity contribution in [1.82, 2.24) is 0 Å². The van der Waals surface area contributed by atoms with Crippen molar-refractivity contribution < 1.29 is 18.7 Å². The number of rotatable bonds is 8. The third-order valence-corrected chi connectivity index (χ3v) is 2.65. The highest BCUT2D eigenvalue weighted by atomic mass is 19.1. The molecule has 0 saturated heterocycles. The fraction of sp³-hybridized carbons (Fsp3) is 0.533. The summed E-state index contributed by atoms with van der Waals surface area (Å²) in [6, 6.07) is 3.94. The van der Waals surface area contributed by atoms with E-state index in [0.717, 1.165) is 6.42 Å². The van der Waals surface area contributed by atoms with Crippen molar-refractivity contribution in [2.24, 2.45) is 5.92 Å². The second-order valence-corrected chi connectivity index (χ2v) is 4.84. The van der Waals surface area contributed by atoms with Gasteiger partial charge >= 0.3 is 0 Å². The molecule has 0 spiro atoms. The molecule has 0 saturated carbocycles. The number of hydrogen-bond donors (Lipinski definition) is 0. The molecule has 0 atom stereocenters. The van der Waals surface area contributed by atoms with Gasteiger partial charge in [-0.25, -0.2) is 4.39 Å². The Bertz CT molecular complexity index is 416. The highest BCUT2D eigenvalue weighted by molar-refractivity contribution is 5.96. The highest BCUT2D eigenvalue weighted by Crippen LogP contribution is 2.20. The van der Waals surface area contributed by atoms with Crippen LogP contribution in [0.5, 0.6) is 5.75 Å². The Morgan fingerprint density at radius 2 is 2.00 bits per heavy atom. The van der Waals surface area contributed by atoms with Crippen LogP contribution in [0, 0.1) is 11.7 Å². The first-order valence-corrected chi connectivity index (χ1v) is 6.51. The Kier molecular flexibility index (Phi) is 6.50. The zero-order valence-corrected chi connectivity index (χ0v) is 11.7. The van der Waals surface area contributed by atoms with E-state index in [4.69, 9.17) is 9.47 Å². The Labute approximate surface area is 113 Å². The van der Waals surface area contributed by atoms with E-state index in [1.54, 1.807) is 0 Å². The first kappa shape index (κ1) is 15.6. The minimum absolute atomic E-state index is 0.213. The molecule has 0 aliphatic heterocycles. The van der Waals surface area contributed by atoms with Gasteiger partial charge in [-0.05, 0) is 37.5 Å². The average molecular weight is 268 g/mol. The molecule has 0 aliphatic rings. The molecule has 0 radical (unpaired) electrons. The summed E-state index contributed by atoms with van der Waals surface area (Å²) in [5.41, 5.74) is 0.266. The summed E-state index contributed by atoms with van der Waals surface area (Å²) >= 11 is 0. The molecule has 1 aromatic rings. The number of hydrogen-bond acceptors (Lipinski definition) is 3. The van der Waals surface area contributed by atoms with Gasteiger partial charge in [-0.1, -0.05) is 13.8 Å².